The van der Waals surface area contributed by atoms with Crippen LogP contribution in [0.4, 0.5) is 4.39 Å². The van der Waals surface area contributed by atoms with Crippen molar-refractivity contribution >= 4 is 5.91 Å². The SMILES string of the molecule is CC(C#N)NC(=O)c1ccc(F)cc1. The van der Waals surface area contributed by atoms with E-state index in [0.29, 0.717) is 5.56 Å². The molecule has 72 valence electrons. The number of nitrogens with zero attached hydrogens (tertiary/aromatic N) is 1. The molecule has 0 aromatic heterocycles. The second kappa shape index (κ2) is 4.38. The number of nitrogens with one attached hydrogen (secondary N) is 1. The molecule has 0 bridgehead atoms. The average Bonchev–Trinajstić information content (AvgIpc) is 2.18. The molecule has 0 radical (unpaired) electrons. The summed E-state index contributed by atoms with van der Waals surface area (Å²) >= 11 is 0. The third-order valence-corrected chi connectivity index (χ3v) is 1.65. The Hall–Kier alpha value is -1.89. The maximum absolute atomic E-state index is 12.5. The highest BCUT2D eigenvalue weighted by atomic mass is 19.1. The predicted molar refractivity (Wildman–Crippen MR) is 48.9 cm³/mol. The first-order chi connectivity index (χ1) is 6.63. The molecule has 1 aromatic carbocycles. The van der Waals surface area contributed by atoms with Crippen LogP contribution in [0.2, 0.25) is 0 Å². The normalized spacial score (nSPS) is 11.5. The van der Waals surface area contributed by atoms with E-state index in [1.807, 2.05) is 6.07 Å². The minimum absolute atomic E-state index is 0.341. The first kappa shape index (κ1) is 10.2. The van der Waals surface area contributed by atoms with Gasteiger partial charge in [-0.25, -0.2) is 4.39 Å². The quantitative estimate of drug-likeness (QED) is 0.771. The fraction of sp³-hybridized carbons (Fsp3) is 0.200. The molecule has 1 amide bonds. The van der Waals surface area contributed by atoms with Crippen molar-refractivity contribution in [1.82, 2.24) is 5.32 Å². The molecular formula is C10H9FN2O. The first-order valence-electron chi connectivity index (χ1n) is 4.09. The molecule has 1 unspecified atom stereocenters. The van der Waals surface area contributed by atoms with Gasteiger partial charge in [0.25, 0.3) is 5.91 Å². The van der Waals surface area contributed by atoms with Crippen molar-refractivity contribution in [3.8, 4) is 6.07 Å². The maximum atomic E-state index is 12.5. The standard InChI is InChI=1S/C10H9FN2O/c1-7(6-12)13-10(14)8-2-4-9(11)5-3-8/h2-5,7H,1H3,(H,13,14). The summed E-state index contributed by atoms with van der Waals surface area (Å²) in [6.07, 6.45) is 0. The van der Waals surface area contributed by atoms with Gasteiger partial charge >= 0.3 is 0 Å². The van der Waals surface area contributed by atoms with Gasteiger partial charge in [-0.2, -0.15) is 5.26 Å². The summed E-state index contributed by atoms with van der Waals surface area (Å²) in [7, 11) is 0. The molecule has 0 heterocycles. The number of hydrogen-bond donors (Lipinski definition) is 1. The molecule has 4 heteroatoms. The number of hydrogen-bond acceptors (Lipinski definition) is 2. The van der Waals surface area contributed by atoms with Gasteiger partial charge in [0.1, 0.15) is 11.9 Å². The molecule has 1 aromatic rings. The zero-order valence-electron chi connectivity index (χ0n) is 7.62. The minimum Gasteiger partial charge on any atom is -0.337 e. The van der Waals surface area contributed by atoms with E-state index in [-0.39, 0.29) is 5.91 Å². The van der Waals surface area contributed by atoms with Crippen LogP contribution in [0.25, 0.3) is 0 Å². The highest BCUT2D eigenvalue weighted by Crippen LogP contribution is 2.02. The lowest BCUT2D eigenvalue weighted by atomic mass is 10.2. The lowest BCUT2D eigenvalue weighted by molar-refractivity contribution is 0.0948. The van der Waals surface area contributed by atoms with Crippen LogP contribution in [0.3, 0.4) is 0 Å². The Balaban J connectivity index is 2.71. The lowest BCUT2D eigenvalue weighted by Gasteiger charge is -2.05. The molecule has 0 spiro atoms. The third kappa shape index (κ3) is 2.56. The number of amides is 1. The molecule has 0 aliphatic rings. The molecule has 0 saturated carbocycles. The monoisotopic (exact) mass is 192 g/mol. The van der Waals surface area contributed by atoms with Crippen molar-refractivity contribution in [3.05, 3.63) is 35.6 Å². The topological polar surface area (TPSA) is 52.9 Å². The lowest BCUT2D eigenvalue weighted by Crippen LogP contribution is -2.31. The van der Waals surface area contributed by atoms with Crippen LogP contribution in [0.5, 0.6) is 0 Å². The van der Waals surface area contributed by atoms with E-state index in [4.69, 9.17) is 5.26 Å². The zero-order valence-corrected chi connectivity index (χ0v) is 7.62. The number of carbonyl (C=O) groups is 1. The van der Waals surface area contributed by atoms with Crippen molar-refractivity contribution in [2.45, 2.75) is 13.0 Å². The van der Waals surface area contributed by atoms with Crippen LogP contribution in [0.1, 0.15) is 17.3 Å². The molecule has 0 saturated heterocycles. The minimum atomic E-state index is -0.549. The van der Waals surface area contributed by atoms with E-state index in [2.05, 4.69) is 5.32 Å². The molecule has 1 atom stereocenters. The molecule has 1 N–H and O–H groups in total. The van der Waals surface area contributed by atoms with Crippen LogP contribution < -0.4 is 5.32 Å². The largest absolute Gasteiger partial charge is 0.337 e. The Bertz CT molecular complexity index is 367. The van der Waals surface area contributed by atoms with Gasteiger partial charge in [0.2, 0.25) is 0 Å². The summed E-state index contributed by atoms with van der Waals surface area (Å²) in [4.78, 5) is 11.3. The van der Waals surface area contributed by atoms with Gasteiger partial charge in [-0.1, -0.05) is 0 Å². The highest BCUT2D eigenvalue weighted by molar-refractivity contribution is 5.94. The Morgan fingerprint density at radius 2 is 2.07 bits per heavy atom. The number of rotatable bonds is 2. The Kier molecular flexibility index (Phi) is 3.19. The van der Waals surface area contributed by atoms with E-state index in [1.54, 1.807) is 6.92 Å². The van der Waals surface area contributed by atoms with Crippen LogP contribution >= 0.6 is 0 Å². The summed E-state index contributed by atoms with van der Waals surface area (Å²) < 4.78 is 12.5. The molecule has 1 rings (SSSR count). The summed E-state index contributed by atoms with van der Waals surface area (Å²) in [6.45, 7) is 1.57. The number of benzene rings is 1. The van der Waals surface area contributed by atoms with Crippen molar-refractivity contribution < 1.29 is 9.18 Å². The van der Waals surface area contributed by atoms with Crippen molar-refractivity contribution in [2.75, 3.05) is 0 Å². The molecule has 14 heavy (non-hydrogen) atoms. The molecule has 0 fully saturated rings. The predicted octanol–water partition coefficient (Wildman–Crippen LogP) is 1.47. The van der Waals surface area contributed by atoms with E-state index in [9.17, 15) is 9.18 Å². The van der Waals surface area contributed by atoms with Gasteiger partial charge in [-0.15, -0.1) is 0 Å². The first-order valence-corrected chi connectivity index (χ1v) is 4.09. The van der Waals surface area contributed by atoms with Crippen LogP contribution in [0.15, 0.2) is 24.3 Å². The van der Waals surface area contributed by atoms with Gasteiger partial charge in [-0.05, 0) is 31.2 Å². The van der Waals surface area contributed by atoms with Gasteiger partial charge in [0.15, 0.2) is 0 Å². The van der Waals surface area contributed by atoms with Gasteiger partial charge in [0, 0.05) is 5.56 Å². The fourth-order valence-corrected chi connectivity index (χ4v) is 0.914. The number of nitriles is 1. The van der Waals surface area contributed by atoms with E-state index < -0.39 is 11.9 Å². The Morgan fingerprint density at radius 1 is 1.50 bits per heavy atom. The molecule has 0 aliphatic carbocycles. The highest BCUT2D eigenvalue weighted by Gasteiger charge is 2.08. The number of carbonyl (C=O) groups excluding carboxylic acids is 1. The van der Waals surface area contributed by atoms with Crippen molar-refractivity contribution in [3.63, 3.8) is 0 Å². The summed E-state index contributed by atoms with van der Waals surface area (Å²) in [6, 6.07) is 6.46. The van der Waals surface area contributed by atoms with Crippen LogP contribution in [-0.4, -0.2) is 11.9 Å². The maximum Gasteiger partial charge on any atom is 0.252 e. The van der Waals surface area contributed by atoms with Crippen LogP contribution in [-0.2, 0) is 0 Å². The third-order valence-electron chi connectivity index (χ3n) is 1.65. The number of halogens is 1. The summed E-state index contributed by atoms with van der Waals surface area (Å²) in [5.41, 5.74) is 0.341. The second-order valence-electron chi connectivity index (χ2n) is 2.83. The molecular weight excluding hydrogens is 183 g/mol. The van der Waals surface area contributed by atoms with Crippen molar-refractivity contribution in [1.29, 1.82) is 5.26 Å². The second-order valence-corrected chi connectivity index (χ2v) is 2.83. The van der Waals surface area contributed by atoms with E-state index in [1.165, 1.54) is 24.3 Å². The zero-order chi connectivity index (χ0) is 10.6. The summed E-state index contributed by atoms with van der Waals surface area (Å²) in [5, 5.41) is 10.9. The summed E-state index contributed by atoms with van der Waals surface area (Å²) in [5.74, 6) is -0.770. The Morgan fingerprint density at radius 3 is 2.57 bits per heavy atom. The average molecular weight is 192 g/mol. The van der Waals surface area contributed by atoms with Gasteiger partial charge in [0.05, 0.1) is 6.07 Å². The van der Waals surface area contributed by atoms with Crippen molar-refractivity contribution in [2.24, 2.45) is 0 Å². The smallest absolute Gasteiger partial charge is 0.252 e. The van der Waals surface area contributed by atoms with E-state index >= 15 is 0 Å². The molecule has 3 nitrogen and oxygen atoms in total. The van der Waals surface area contributed by atoms with Gasteiger partial charge < -0.3 is 5.32 Å². The fourth-order valence-electron chi connectivity index (χ4n) is 0.914. The van der Waals surface area contributed by atoms with Crippen LogP contribution in [0, 0.1) is 17.1 Å². The van der Waals surface area contributed by atoms with Gasteiger partial charge in [-0.3, -0.25) is 4.79 Å². The van der Waals surface area contributed by atoms with E-state index in [0.717, 1.165) is 0 Å². The Labute approximate surface area is 81.2 Å². The molecule has 0 aliphatic heterocycles.